The van der Waals surface area contributed by atoms with Crippen molar-refractivity contribution in [3.8, 4) is 5.75 Å². The molecule has 0 unspecified atom stereocenters. The monoisotopic (exact) mass is 524 g/mol. The van der Waals surface area contributed by atoms with E-state index in [9.17, 15) is 17.8 Å². The fourth-order valence-corrected chi connectivity index (χ4v) is 5.28. The maximum Gasteiger partial charge on any atom is 1.00 e. The van der Waals surface area contributed by atoms with E-state index < -0.39 is 15.0 Å². The number of hydrogen-bond acceptors (Lipinski definition) is 7. The number of thioether (sulfide) groups is 1. The van der Waals surface area contributed by atoms with Crippen LogP contribution >= 0.6 is 11.8 Å². The maximum absolute atomic E-state index is 13.2. The summed E-state index contributed by atoms with van der Waals surface area (Å²) in [6.45, 7) is 2.74. The van der Waals surface area contributed by atoms with Crippen molar-refractivity contribution in [1.82, 2.24) is 4.90 Å². The largest absolute Gasteiger partial charge is 1.00 e. The summed E-state index contributed by atoms with van der Waals surface area (Å²) in [5.41, 5.74) is 1.17. The topological polar surface area (TPSA) is 99.1 Å². The number of aliphatic imine (C=N–C) groups is 1. The van der Waals surface area contributed by atoms with Crippen LogP contribution in [0.3, 0.4) is 0 Å². The molecule has 0 saturated carbocycles. The number of methoxy groups -OCH3 is 1. The van der Waals surface area contributed by atoms with Crippen LogP contribution in [-0.4, -0.2) is 42.6 Å². The van der Waals surface area contributed by atoms with Crippen molar-refractivity contribution in [1.29, 1.82) is 0 Å². The van der Waals surface area contributed by atoms with Crippen molar-refractivity contribution >= 4 is 44.7 Å². The third-order valence-electron chi connectivity index (χ3n) is 5.36. The van der Waals surface area contributed by atoms with Gasteiger partial charge in [0.15, 0.2) is 5.17 Å². The van der Waals surface area contributed by atoms with Crippen LogP contribution in [0.5, 0.6) is 5.75 Å². The van der Waals surface area contributed by atoms with E-state index >= 15 is 0 Å². The van der Waals surface area contributed by atoms with E-state index in [1.807, 2.05) is 30.3 Å². The van der Waals surface area contributed by atoms with Crippen molar-refractivity contribution in [2.24, 2.45) is 4.99 Å². The SMILES string of the molecule is CCCCCCCCN1C(=O)C(=Cc2ccc(OC)c(S(=O)(=O)[O-])c2)SC1=Nc1ccccc1.[Na+]. The number of amidine groups is 1. The molecule has 3 rings (SSSR count). The molecule has 7 nitrogen and oxygen atoms in total. The number of amides is 1. The minimum absolute atomic E-state index is 0. The molecule has 35 heavy (non-hydrogen) atoms. The van der Waals surface area contributed by atoms with Crippen LogP contribution in [0.25, 0.3) is 6.08 Å². The Morgan fingerprint density at radius 2 is 1.74 bits per heavy atom. The van der Waals surface area contributed by atoms with Crippen LogP contribution in [0.4, 0.5) is 5.69 Å². The van der Waals surface area contributed by atoms with Crippen molar-refractivity contribution in [2.75, 3.05) is 13.7 Å². The Morgan fingerprint density at radius 3 is 2.40 bits per heavy atom. The Bertz CT molecular complexity index is 1170. The van der Waals surface area contributed by atoms with Gasteiger partial charge in [-0.1, -0.05) is 63.3 Å². The summed E-state index contributed by atoms with van der Waals surface area (Å²) in [4.78, 5) is 19.5. The Morgan fingerprint density at radius 1 is 1.06 bits per heavy atom. The van der Waals surface area contributed by atoms with E-state index in [0.29, 0.717) is 22.2 Å². The molecule has 2 aromatic rings. The van der Waals surface area contributed by atoms with Gasteiger partial charge >= 0.3 is 29.6 Å². The van der Waals surface area contributed by atoms with Gasteiger partial charge in [-0.2, -0.15) is 0 Å². The van der Waals surface area contributed by atoms with Gasteiger partial charge in [-0.25, -0.2) is 13.4 Å². The normalized spacial score (nSPS) is 16.1. The fraction of sp³-hybridized carbons (Fsp3) is 0.360. The quantitative estimate of drug-likeness (QED) is 0.194. The van der Waals surface area contributed by atoms with Gasteiger partial charge in [0.05, 0.1) is 22.6 Å². The van der Waals surface area contributed by atoms with Crippen LogP contribution < -0.4 is 34.3 Å². The second-order valence-electron chi connectivity index (χ2n) is 7.93. The summed E-state index contributed by atoms with van der Waals surface area (Å²) >= 11 is 1.24. The van der Waals surface area contributed by atoms with Gasteiger partial charge in [-0.05, 0) is 54.1 Å². The minimum atomic E-state index is -4.73. The average Bonchev–Trinajstić information content (AvgIpc) is 3.10. The molecule has 182 valence electrons. The molecule has 0 atom stereocenters. The number of para-hydroxylation sites is 1. The second kappa shape index (κ2) is 14.2. The number of hydrogen-bond donors (Lipinski definition) is 0. The molecule has 1 heterocycles. The third-order valence-corrected chi connectivity index (χ3v) is 7.22. The third kappa shape index (κ3) is 8.48. The molecule has 1 amide bonds. The predicted octanol–water partition coefficient (Wildman–Crippen LogP) is 2.57. The van der Waals surface area contributed by atoms with Gasteiger partial charge in [0.25, 0.3) is 5.91 Å². The Kier molecular flexibility index (Phi) is 12.0. The zero-order valence-corrected chi connectivity index (χ0v) is 24.0. The first-order valence-corrected chi connectivity index (χ1v) is 13.5. The molecule has 1 aliphatic rings. The molecule has 10 heteroatoms. The molecule has 1 aliphatic heterocycles. The van der Waals surface area contributed by atoms with Gasteiger partial charge in [0, 0.05) is 6.54 Å². The first kappa shape index (κ1) is 29.6. The number of carbonyl (C=O) groups is 1. The number of rotatable bonds is 11. The molecular formula is C25H29N2NaO5S2. The van der Waals surface area contributed by atoms with Gasteiger partial charge < -0.3 is 9.29 Å². The summed E-state index contributed by atoms with van der Waals surface area (Å²) in [5, 5.41) is 0.584. The number of unbranched alkanes of at least 4 members (excludes halogenated alkanes) is 5. The molecular weight excluding hydrogens is 495 g/mol. The van der Waals surface area contributed by atoms with Crippen molar-refractivity contribution < 1.29 is 52.1 Å². The van der Waals surface area contributed by atoms with Crippen LogP contribution in [-0.2, 0) is 14.9 Å². The molecule has 0 spiro atoms. The number of ether oxygens (including phenoxy) is 1. The van der Waals surface area contributed by atoms with Crippen LogP contribution in [0.1, 0.15) is 51.0 Å². The number of carbonyl (C=O) groups excluding carboxylic acids is 1. The first-order valence-electron chi connectivity index (χ1n) is 11.3. The second-order valence-corrected chi connectivity index (χ2v) is 10.3. The zero-order chi connectivity index (χ0) is 24.6. The fourth-order valence-electron chi connectivity index (χ4n) is 3.58. The molecule has 0 aromatic heterocycles. The van der Waals surface area contributed by atoms with Gasteiger partial charge in [-0.15, -0.1) is 0 Å². The summed E-state index contributed by atoms with van der Waals surface area (Å²) in [6.07, 6.45) is 8.22. The van der Waals surface area contributed by atoms with Crippen molar-refractivity contribution in [3.05, 3.63) is 59.0 Å². The Labute approximate surface area is 234 Å². The van der Waals surface area contributed by atoms with Gasteiger partial charge in [0.1, 0.15) is 15.9 Å². The van der Waals surface area contributed by atoms with Crippen LogP contribution in [0.2, 0.25) is 0 Å². The van der Waals surface area contributed by atoms with Crippen molar-refractivity contribution in [3.63, 3.8) is 0 Å². The molecule has 0 radical (unpaired) electrons. The first-order chi connectivity index (χ1) is 16.3. The summed E-state index contributed by atoms with van der Waals surface area (Å²) in [7, 11) is -3.43. The van der Waals surface area contributed by atoms with Gasteiger partial charge in [-0.3, -0.25) is 9.69 Å². The maximum atomic E-state index is 13.2. The van der Waals surface area contributed by atoms with E-state index in [0.717, 1.165) is 24.9 Å². The summed E-state index contributed by atoms with van der Waals surface area (Å²) in [6, 6.07) is 13.7. The van der Waals surface area contributed by atoms with Crippen LogP contribution in [0, 0.1) is 0 Å². The smallest absolute Gasteiger partial charge is 0.744 e. The van der Waals surface area contributed by atoms with E-state index in [-0.39, 0.29) is 41.2 Å². The van der Waals surface area contributed by atoms with Gasteiger partial charge in [0.2, 0.25) is 0 Å². The molecule has 0 N–H and O–H groups in total. The summed E-state index contributed by atoms with van der Waals surface area (Å²) in [5.74, 6) is -0.214. The Balaban J connectivity index is 0.00000432. The van der Waals surface area contributed by atoms with Crippen molar-refractivity contribution in [2.45, 2.75) is 50.3 Å². The van der Waals surface area contributed by atoms with E-state index in [1.165, 1.54) is 50.3 Å². The molecule has 2 aromatic carbocycles. The summed E-state index contributed by atoms with van der Waals surface area (Å²) < 4.78 is 39.9. The molecule has 0 aliphatic carbocycles. The predicted molar refractivity (Wildman–Crippen MR) is 135 cm³/mol. The Hall–Kier alpha value is -1.62. The number of benzene rings is 2. The zero-order valence-electron chi connectivity index (χ0n) is 20.4. The van der Waals surface area contributed by atoms with Crippen LogP contribution in [0.15, 0.2) is 63.3 Å². The van der Waals surface area contributed by atoms with E-state index in [1.54, 1.807) is 17.0 Å². The average molecular weight is 525 g/mol. The van der Waals surface area contributed by atoms with E-state index in [2.05, 4.69) is 11.9 Å². The standard InChI is InChI=1S/C25H30N2O5S2.Na/c1-3-4-5-6-7-11-16-27-24(28)22(33-25(27)26-20-12-9-8-10-13-20)17-19-14-15-21(32-2)23(18-19)34(29,30)31;/h8-10,12-15,17-18H,3-7,11,16H2,1-2H3,(H,29,30,31);/q;+1/p-1. The molecule has 0 bridgehead atoms. The van der Waals surface area contributed by atoms with E-state index in [4.69, 9.17) is 4.74 Å². The minimum Gasteiger partial charge on any atom is -0.744 e. The molecule has 1 saturated heterocycles. The number of nitrogens with zero attached hydrogens (tertiary/aromatic N) is 2. The molecule has 1 fully saturated rings.